The first-order chi connectivity index (χ1) is 9.94. The van der Waals surface area contributed by atoms with Crippen molar-refractivity contribution in [2.45, 2.75) is 4.90 Å². The van der Waals surface area contributed by atoms with Gasteiger partial charge in [0, 0.05) is 11.4 Å². The van der Waals surface area contributed by atoms with Gasteiger partial charge in [-0.25, -0.2) is 13.2 Å². The van der Waals surface area contributed by atoms with E-state index in [1.54, 1.807) is 24.3 Å². The first-order valence-electron chi connectivity index (χ1n) is 6.04. The highest BCUT2D eigenvalue weighted by atomic mass is 32.2. The lowest BCUT2D eigenvalue weighted by Crippen LogP contribution is -2.12. The van der Waals surface area contributed by atoms with Crippen LogP contribution >= 0.6 is 0 Å². The van der Waals surface area contributed by atoms with E-state index >= 15 is 0 Å². The van der Waals surface area contributed by atoms with E-state index < -0.39 is 10.0 Å². The second-order valence-corrected chi connectivity index (χ2v) is 6.20. The predicted octanol–water partition coefficient (Wildman–Crippen LogP) is 1.24. The van der Waals surface area contributed by atoms with Crippen LogP contribution in [0.4, 0.5) is 11.4 Å². The second-order valence-electron chi connectivity index (χ2n) is 4.51. The summed E-state index contributed by atoms with van der Waals surface area (Å²) in [7, 11) is -3.74. The Morgan fingerprint density at radius 2 is 1.62 bits per heavy atom. The van der Waals surface area contributed by atoms with Crippen LogP contribution in [0.15, 0.2) is 52.2 Å². The summed E-state index contributed by atoms with van der Waals surface area (Å²) in [5, 5.41) is 0. The van der Waals surface area contributed by atoms with Gasteiger partial charge in [-0.1, -0.05) is 0 Å². The molecule has 21 heavy (non-hydrogen) atoms. The molecule has 0 fully saturated rings. The minimum Gasteiger partial charge on any atom is -0.399 e. The average molecular weight is 304 g/mol. The molecule has 108 valence electrons. The fraction of sp³-hybridized carbons (Fsp3) is 0. The lowest BCUT2D eigenvalue weighted by molar-refractivity contribution is 0.601. The molecule has 5 N–H and O–H groups in total. The molecular formula is C13H12N4O3S. The van der Waals surface area contributed by atoms with Crippen molar-refractivity contribution in [3.8, 4) is 0 Å². The molecule has 0 aliphatic carbocycles. The van der Waals surface area contributed by atoms with Crippen LogP contribution in [-0.4, -0.2) is 18.4 Å². The number of imidazole rings is 1. The third kappa shape index (κ3) is 2.61. The molecule has 0 atom stereocenters. The van der Waals surface area contributed by atoms with Gasteiger partial charge in [0.15, 0.2) is 0 Å². The zero-order valence-electron chi connectivity index (χ0n) is 10.8. The fourth-order valence-electron chi connectivity index (χ4n) is 1.94. The van der Waals surface area contributed by atoms with Gasteiger partial charge in [0.1, 0.15) is 0 Å². The van der Waals surface area contributed by atoms with E-state index in [0.717, 1.165) is 0 Å². The van der Waals surface area contributed by atoms with Crippen LogP contribution in [0.1, 0.15) is 0 Å². The Balaban J connectivity index is 1.99. The van der Waals surface area contributed by atoms with Crippen LogP contribution in [0.25, 0.3) is 11.0 Å². The van der Waals surface area contributed by atoms with Crippen molar-refractivity contribution in [1.82, 2.24) is 9.97 Å². The van der Waals surface area contributed by atoms with E-state index in [2.05, 4.69) is 14.7 Å². The van der Waals surface area contributed by atoms with Gasteiger partial charge in [-0.3, -0.25) is 4.72 Å². The molecule has 0 bridgehead atoms. The number of H-pyrrole nitrogens is 2. The number of nitrogens with two attached hydrogens (primary N) is 1. The standard InChI is InChI=1S/C13H12N4O3S/c14-8-1-3-9(4-2-8)17-21(19,20)10-5-6-11-12(7-10)16-13(18)15-11/h1-7,17H,14H2,(H2,15,16,18). The van der Waals surface area contributed by atoms with Gasteiger partial charge in [-0.15, -0.1) is 0 Å². The van der Waals surface area contributed by atoms with Crippen LogP contribution in [0.2, 0.25) is 0 Å². The Hall–Kier alpha value is -2.74. The summed E-state index contributed by atoms with van der Waals surface area (Å²) in [5.74, 6) is 0. The highest BCUT2D eigenvalue weighted by molar-refractivity contribution is 7.92. The summed E-state index contributed by atoms with van der Waals surface area (Å²) in [6.07, 6.45) is 0. The molecule has 8 heteroatoms. The van der Waals surface area contributed by atoms with Crippen molar-refractivity contribution < 1.29 is 8.42 Å². The summed E-state index contributed by atoms with van der Waals surface area (Å²) < 4.78 is 27.0. The molecule has 7 nitrogen and oxygen atoms in total. The Labute approximate surface area is 119 Å². The molecule has 0 spiro atoms. The van der Waals surface area contributed by atoms with Gasteiger partial charge in [-0.05, 0) is 42.5 Å². The SMILES string of the molecule is Nc1ccc(NS(=O)(=O)c2ccc3[nH]c(=O)[nH]c3c2)cc1. The molecule has 0 aliphatic rings. The van der Waals surface area contributed by atoms with E-state index in [1.807, 2.05) is 0 Å². The lowest BCUT2D eigenvalue weighted by Gasteiger charge is -2.08. The summed E-state index contributed by atoms with van der Waals surface area (Å²) in [5.41, 5.74) is 7.10. The fourth-order valence-corrected chi connectivity index (χ4v) is 3.03. The monoisotopic (exact) mass is 304 g/mol. The van der Waals surface area contributed by atoms with Crippen LogP contribution in [0.5, 0.6) is 0 Å². The van der Waals surface area contributed by atoms with Gasteiger partial charge in [0.2, 0.25) is 0 Å². The lowest BCUT2D eigenvalue weighted by atomic mass is 10.3. The summed E-state index contributed by atoms with van der Waals surface area (Å²) >= 11 is 0. The number of sulfonamides is 1. The Bertz CT molecular complexity index is 955. The van der Waals surface area contributed by atoms with Crippen LogP contribution in [-0.2, 0) is 10.0 Å². The van der Waals surface area contributed by atoms with Gasteiger partial charge >= 0.3 is 5.69 Å². The molecule has 0 unspecified atom stereocenters. The number of benzene rings is 2. The van der Waals surface area contributed by atoms with E-state index in [1.165, 1.54) is 18.2 Å². The molecule has 1 aromatic heterocycles. The van der Waals surface area contributed by atoms with Crippen LogP contribution in [0, 0.1) is 0 Å². The summed E-state index contributed by atoms with van der Waals surface area (Å²) in [6.45, 7) is 0. The van der Waals surface area contributed by atoms with Gasteiger partial charge in [-0.2, -0.15) is 0 Å². The van der Waals surface area contributed by atoms with Crippen molar-refractivity contribution in [2.24, 2.45) is 0 Å². The molecule has 0 saturated heterocycles. The molecule has 0 aliphatic heterocycles. The normalized spacial score (nSPS) is 11.6. The van der Waals surface area contributed by atoms with Crippen molar-refractivity contribution in [1.29, 1.82) is 0 Å². The Morgan fingerprint density at radius 3 is 2.33 bits per heavy atom. The summed E-state index contributed by atoms with van der Waals surface area (Å²) in [4.78, 5) is 16.3. The van der Waals surface area contributed by atoms with Crippen molar-refractivity contribution in [3.63, 3.8) is 0 Å². The number of hydrogen-bond donors (Lipinski definition) is 4. The van der Waals surface area contributed by atoms with Crippen molar-refractivity contribution in [3.05, 3.63) is 52.9 Å². The first kappa shape index (κ1) is 13.3. The smallest absolute Gasteiger partial charge is 0.323 e. The number of aromatic amines is 2. The minimum absolute atomic E-state index is 0.0575. The maximum absolute atomic E-state index is 12.3. The number of aromatic nitrogens is 2. The largest absolute Gasteiger partial charge is 0.399 e. The van der Waals surface area contributed by atoms with E-state index in [0.29, 0.717) is 22.4 Å². The quantitative estimate of drug-likeness (QED) is 0.544. The number of fused-ring (bicyclic) bond motifs is 1. The molecule has 2 aromatic carbocycles. The summed E-state index contributed by atoms with van der Waals surface area (Å²) in [6, 6.07) is 10.7. The number of anilines is 2. The van der Waals surface area contributed by atoms with Gasteiger partial charge in [0.25, 0.3) is 10.0 Å². The Kier molecular flexibility index (Phi) is 2.95. The van der Waals surface area contributed by atoms with E-state index in [-0.39, 0.29) is 10.6 Å². The van der Waals surface area contributed by atoms with Crippen LogP contribution < -0.4 is 16.1 Å². The van der Waals surface area contributed by atoms with Crippen molar-refractivity contribution >= 4 is 32.4 Å². The number of nitrogen functional groups attached to an aromatic ring is 1. The molecule has 3 aromatic rings. The topological polar surface area (TPSA) is 121 Å². The molecule has 0 amide bonds. The molecule has 1 heterocycles. The second kappa shape index (κ2) is 4.67. The third-order valence-corrected chi connectivity index (χ3v) is 4.34. The number of hydrogen-bond acceptors (Lipinski definition) is 4. The maximum atomic E-state index is 12.3. The van der Waals surface area contributed by atoms with Crippen LogP contribution in [0.3, 0.4) is 0 Å². The number of rotatable bonds is 3. The molecule has 0 saturated carbocycles. The first-order valence-corrected chi connectivity index (χ1v) is 7.53. The van der Waals surface area contributed by atoms with E-state index in [9.17, 15) is 13.2 Å². The maximum Gasteiger partial charge on any atom is 0.323 e. The van der Waals surface area contributed by atoms with Crippen molar-refractivity contribution in [2.75, 3.05) is 10.5 Å². The average Bonchev–Trinajstić information content (AvgIpc) is 2.80. The Morgan fingerprint density at radius 1 is 0.952 bits per heavy atom. The highest BCUT2D eigenvalue weighted by Gasteiger charge is 2.15. The van der Waals surface area contributed by atoms with Gasteiger partial charge in [0.05, 0.1) is 15.9 Å². The zero-order chi connectivity index (χ0) is 15.0. The molecule has 0 radical (unpaired) electrons. The molecule has 3 rings (SSSR count). The third-order valence-electron chi connectivity index (χ3n) is 2.96. The zero-order valence-corrected chi connectivity index (χ0v) is 11.6. The minimum atomic E-state index is -3.74. The number of nitrogens with one attached hydrogen (secondary N) is 3. The predicted molar refractivity (Wildman–Crippen MR) is 80.6 cm³/mol. The molecular weight excluding hydrogens is 292 g/mol. The van der Waals surface area contributed by atoms with Gasteiger partial charge < -0.3 is 15.7 Å². The van der Waals surface area contributed by atoms with E-state index in [4.69, 9.17) is 5.73 Å². The highest BCUT2D eigenvalue weighted by Crippen LogP contribution is 2.19.